The lowest BCUT2D eigenvalue weighted by Crippen LogP contribution is -2.50. The molecule has 1 aromatic carbocycles. The van der Waals surface area contributed by atoms with E-state index in [4.69, 9.17) is 0 Å². The Hall–Kier alpha value is -1.84. The number of carbonyl (C=O) groups excluding carboxylic acids is 1. The van der Waals surface area contributed by atoms with Crippen LogP contribution < -0.4 is 0 Å². The summed E-state index contributed by atoms with van der Waals surface area (Å²) in [5.41, 5.74) is 1.88. The molecule has 4 rings (SSSR count). The van der Waals surface area contributed by atoms with Crippen molar-refractivity contribution in [3.63, 3.8) is 0 Å². The van der Waals surface area contributed by atoms with Gasteiger partial charge in [-0.05, 0) is 43.4 Å². The number of halogens is 2. The molecule has 0 spiro atoms. The molecule has 5 nitrogen and oxygen atoms in total. The van der Waals surface area contributed by atoms with E-state index in [1.165, 1.54) is 4.88 Å². The highest BCUT2D eigenvalue weighted by atomic mass is 32.2. The Labute approximate surface area is 166 Å². The maximum absolute atomic E-state index is 13.9. The van der Waals surface area contributed by atoms with E-state index in [0.29, 0.717) is 6.07 Å². The second kappa shape index (κ2) is 7.53. The highest BCUT2D eigenvalue weighted by molar-refractivity contribution is 7.89. The minimum absolute atomic E-state index is 0.0654. The minimum atomic E-state index is -4.07. The molecule has 1 fully saturated rings. The normalized spacial score (nSPS) is 18.1. The Morgan fingerprint density at radius 1 is 1.04 bits per heavy atom. The van der Waals surface area contributed by atoms with Crippen LogP contribution >= 0.6 is 11.3 Å². The molecule has 0 saturated carbocycles. The first kappa shape index (κ1) is 19.5. The number of amides is 1. The van der Waals surface area contributed by atoms with E-state index in [9.17, 15) is 22.0 Å². The Morgan fingerprint density at radius 2 is 1.75 bits per heavy atom. The summed E-state index contributed by atoms with van der Waals surface area (Å²) >= 11 is 1.62. The summed E-state index contributed by atoms with van der Waals surface area (Å²) in [4.78, 5) is 15.3. The van der Waals surface area contributed by atoms with Crippen LogP contribution in [-0.2, 0) is 22.9 Å². The maximum Gasteiger partial charge on any atom is 0.255 e. The number of rotatable bonds is 3. The van der Waals surface area contributed by atoms with Crippen molar-refractivity contribution in [2.45, 2.75) is 30.6 Å². The zero-order chi connectivity index (χ0) is 19.9. The van der Waals surface area contributed by atoms with Gasteiger partial charge in [-0.25, -0.2) is 17.2 Å². The molecule has 1 aliphatic heterocycles. The zero-order valence-electron chi connectivity index (χ0n) is 15.2. The van der Waals surface area contributed by atoms with Crippen LogP contribution in [0.4, 0.5) is 8.78 Å². The van der Waals surface area contributed by atoms with Gasteiger partial charge in [0.05, 0.1) is 5.56 Å². The molecule has 0 unspecified atom stereocenters. The van der Waals surface area contributed by atoms with Gasteiger partial charge < -0.3 is 4.90 Å². The van der Waals surface area contributed by atoms with Crippen LogP contribution in [0.1, 0.15) is 33.6 Å². The number of piperazine rings is 1. The smallest absolute Gasteiger partial charge is 0.255 e. The third-order valence-electron chi connectivity index (χ3n) is 5.33. The number of hydrogen-bond donors (Lipinski definition) is 0. The van der Waals surface area contributed by atoms with Crippen LogP contribution in [0.15, 0.2) is 28.5 Å². The molecule has 9 heteroatoms. The highest BCUT2D eigenvalue weighted by Gasteiger charge is 2.33. The molecule has 1 saturated heterocycles. The number of benzene rings is 1. The lowest BCUT2D eigenvalue weighted by atomic mass is 9.95. The maximum atomic E-state index is 13.9. The van der Waals surface area contributed by atoms with Crippen molar-refractivity contribution in [3.05, 3.63) is 51.2 Å². The predicted octanol–water partition coefficient (Wildman–Crippen LogP) is 3.05. The van der Waals surface area contributed by atoms with E-state index in [1.54, 1.807) is 16.2 Å². The first-order valence-electron chi connectivity index (χ1n) is 9.21. The van der Waals surface area contributed by atoms with Gasteiger partial charge in [-0.2, -0.15) is 4.31 Å². The standard InChI is InChI=1S/C19H20F2N2O3S2/c20-13-5-6-18(16(21)11-13)28(25,26)23-9-7-22(8-10-23)19(24)15-12-27-17-4-2-1-3-14(15)17/h5-6,11-12H,1-4,7-10H2. The van der Waals surface area contributed by atoms with Gasteiger partial charge in [0.2, 0.25) is 10.0 Å². The Balaban J connectivity index is 1.47. The average Bonchev–Trinajstić information content (AvgIpc) is 3.11. The molecule has 0 radical (unpaired) electrons. The van der Waals surface area contributed by atoms with Crippen LogP contribution in [-0.4, -0.2) is 49.7 Å². The number of sulfonamides is 1. The average molecular weight is 427 g/mol. The van der Waals surface area contributed by atoms with Crippen molar-refractivity contribution in [2.75, 3.05) is 26.2 Å². The number of hydrogen-bond acceptors (Lipinski definition) is 4. The summed E-state index contributed by atoms with van der Waals surface area (Å²) in [5, 5.41) is 1.91. The van der Waals surface area contributed by atoms with Crippen molar-refractivity contribution < 1.29 is 22.0 Å². The molecule has 1 aliphatic carbocycles. The topological polar surface area (TPSA) is 57.7 Å². The molecule has 0 atom stereocenters. The van der Waals surface area contributed by atoms with Gasteiger partial charge in [0.25, 0.3) is 5.91 Å². The molecule has 28 heavy (non-hydrogen) atoms. The summed E-state index contributed by atoms with van der Waals surface area (Å²) in [6.45, 7) is 0.644. The first-order chi connectivity index (χ1) is 13.4. The Kier molecular flexibility index (Phi) is 5.24. The van der Waals surface area contributed by atoms with Gasteiger partial charge in [0.1, 0.15) is 16.5 Å². The molecule has 1 aromatic heterocycles. The van der Waals surface area contributed by atoms with E-state index < -0.39 is 26.6 Å². The van der Waals surface area contributed by atoms with Crippen LogP contribution in [0.5, 0.6) is 0 Å². The van der Waals surface area contributed by atoms with E-state index >= 15 is 0 Å². The summed E-state index contributed by atoms with van der Waals surface area (Å²) in [7, 11) is -4.07. The van der Waals surface area contributed by atoms with Gasteiger partial charge in [-0.3, -0.25) is 4.79 Å². The largest absolute Gasteiger partial charge is 0.336 e. The third kappa shape index (κ3) is 3.46. The first-order valence-corrected chi connectivity index (χ1v) is 11.5. The fourth-order valence-electron chi connectivity index (χ4n) is 3.80. The summed E-state index contributed by atoms with van der Waals surface area (Å²) < 4.78 is 53.5. The van der Waals surface area contributed by atoms with Crippen molar-refractivity contribution >= 4 is 27.3 Å². The van der Waals surface area contributed by atoms with Gasteiger partial charge in [0, 0.05) is 42.5 Å². The monoisotopic (exact) mass is 426 g/mol. The van der Waals surface area contributed by atoms with E-state index in [2.05, 4.69) is 0 Å². The molecule has 2 heterocycles. The van der Waals surface area contributed by atoms with E-state index in [-0.39, 0.29) is 32.1 Å². The second-order valence-corrected chi connectivity index (χ2v) is 9.90. The Morgan fingerprint density at radius 3 is 2.46 bits per heavy atom. The summed E-state index contributed by atoms with van der Waals surface area (Å²) in [5.74, 6) is -2.00. The van der Waals surface area contributed by atoms with Crippen LogP contribution in [0, 0.1) is 11.6 Å². The van der Waals surface area contributed by atoms with Gasteiger partial charge in [0.15, 0.2) is 0 Å². The summed E-state index contributed by atoms with van der Waals surface area (Å²) in [6.07, 6.45) is 4.16. The number of thiophene rings is 1. The summed E-state index contributed by atoms with van der Waals surface area (Å²) in [6, 6.07) is 2.43. The minimum Gasteiger partial charge on any atom is -0.336 e. The lowest BCUT2D eigenvalue weighted by molar-refractivity contribution is 0.0697. The molecular weight excluding hydrogens is 406 g/mol. The van der Waals surface area contributed by atoms with Gasteiger partial charge in [-0.1, -0.05) is 0 Å². The SMILES string of the molecule is O=C(c1csc2c1CCCC2)N1CCN(S(=O)(=O)c2ccc(F)cc2F)CC1. The molecule has 2 aromatic rings. The van der Waals surface area contributed by atoms with Crippen LogP contribution in [0.2, 0.25) is 0 Å². The molecular formula is C19H20F2N2O3S2. The van der Waals surface area contributed by atoms with Gasteiger partial charge >= 0.3 is 0 Å². The van der Waals surface area contributed by atoms with Crippen LogP contribution in [0.25, 0.3) is 0 Å². The van der Waals surface area contributed by atoms with Crippen molar-refractivity contribution in [2.24, 2.45) is 0 Å². The molecule has 2 aliphatic rings. The zero-order valence-corrected chi connectivity index (χ0v) is 16.8. The molecule has 0 N–H and O–H groups in total. The van der Waals surface area contributed by atoms with E-state index in [1.807, 2.05) is 5.38 Å². The van der Waals surface area contributed by atoms with Crippen molar-refractivity contribution in [3.8, 4) is 0 Å². The van der Waals surface area contributed by atoms with E-state index in [0.717, 1.165) is 53.2 Å². The molecule has 150 valence electrons. The highest BCUT2D eigenvalue weighted by Crippen LogP contribution is 2.31. The predicted molar refractivity (Wildman–Crippen MR) is 102 cm³/mol. The van der Waals surface area contributed by atoms with Crippen LogP contribution in [0.3, 0.4) is 0 Å². The quantitative estimate of drug-likeness (QED) is 0.758. The number of fused-ring (bicyclic) bond motifs is 1. The second-order valence-electron chi connectivity index (χ2n) is 7.03. The fraction of sp³-hybridized carbons (Fsp3) is 0.421. The molecule has 0 bridgehead atoms. The third-order valence-corrected chi connectivity index (χ3v) is 8.35. The van der Waals surface area contributed by atoms with Crippen molar-refractivity contribution in [1.82, 2.24) is 9.21 Å². The lowest BCUT2D eigenvalue weighted by Gasteiger charge is -2.34. The number of nitrogens with zero attached hydrogens (tertiary/aromatic N) is 2. The van der Waals surface area contributed by atoms with Gasteiger partial charge in [-0.15, -0.1) is 11.3 Å². The molecule has 1 amide bonds. The number of aryl methyl sites for hydroxylation is 1. The number of carbonyl (C=O) groups is 1. The fourth-order valence-corrected chi connectivity index (χ4v) is 6.39. The van der Waals surface area contributed by atoms with Crippen molar-refractivity contribution in [1.29, 1.82) is 0 Å². The Bertz CT molecular complexity index is 1010.